The molecule has 4 N–H and O–H groups in total. The maximum absolute atomic E-state index is 13.6. The van der Waals surface area contributed by atoms with Crippen LogP contribution in [0.5, 0.6) is 0 Å². The Kier molecular flexibility index (Phi) is 8.92. The zero-order valence-corrected chi connectivity index (χ0v) is 19.3. The topological polar surface area (TPSA) is 106 Å². The van der Waals surface area contributed by atoms with Crippen LogP contribution >= 0.6 is 0 Å². The van der Waals surface area contributed by atoms with Crippen LogP contribution in [0, 0.1) is 5.92 Å². The average Bonchev–Trinajstić information content (AvgIpc) is 2.83. The van der Waals surface area contributed by atoms with Gasteiger partial charge in [-0.2, -0.15) is 0 Å². The van der Waals surface area contributed by atoms with E-state index < -0.39 is 24.0 Å². The molecule has 1 fully saturated rings. The van der Waals surface area contributed by atoms with Crippen molar-refractivity contribution in [1.82, 2.24) is 10.3 Å². The minimum atomic E-state index is -2.67. The summed E-state index contributed by atoms with van der Waals surface area (Å²) in [5.74, 6) is -2.95. The van der Waals surface area contributed by atoms with Crippen LogP contribution in [0.15, 0.2) is 48.7 Å². The molecule has 2 unspecified atom stereocenters. The lowest BCUT2D eigenvalue weighted by atomic mass is 9.83. The number of halogens is 2. The summed E-state index contributed by atoms with van der Waals surface area (Å²) in [5, 5.41) is 5.33. The second-order valence-electron chi connectivity index (χ2n) is 8.77. The molecule has 2 atom stereocenters. The van der Waals surface area contributed by atoms with Gasteiger partial charge in [0.25, 0.3) is 0 Å². The molecule has 2 aromatic rings. The Hall–Kier alpha value is -3.07. The molecule has 9 heteroatoms. The largest absolute Gasteiger partial charge is 0.445 e. The number of rotatable bonds is 9. The number of pyridine rings is 1. The molecule has 3 rings (SSSR count). The average molecular weight is 475 g/mol. The van der Waals surface area contributed by atoms with Crippen LogP contribution in [-0.2, 0) is 16.1 Å². The summed E-state index contributed by atoms with van der Waals surface area (Å²) in [6, 6.07) is 11.5. The maximum atomic E-state index is 13.6. The smallest absolute Gasteiger partial charge is 0.408 e. The molecule has 1 heterocycles. The Bertz CT molecular complexity index is 948. The first kappa shape index (κ1) is 25.6. The molecular formula is C25H32F2N4O3. The van der Waals surface area contributed by atoms with Crippen LogP contribution in [0.2, 0.25) is 0 Å². The van der Waals surface area contributed by atoms with Crippen molar-refractivity contribution in [1.29, 1.82) is 0 Å². The van der Waals surface area contributed by atoms with Gasteiger partial charge >= 0.3 is 6.09 Å². The zero-order valence-electron chi connectivity index (χ0n) is 19.3. The minimum Gasteiger partial charge on any atom is -0.445 e. The highest BCUT2D eigenvalue weighted by Crippen LogP contribution is 2.38. The first-order valence-corrected chi connectivity index (χ1v) is 11.6. The molecule has 0 bridgehead atoms. The number of aromatic nitrogens is 1. The Morgan fingerprint density at radius 3 is 2.59 bits per heavy atom. The van der Waals surface area contributed by atoms with E-state index in [1.165, 1.54) is 0 Å². The van der Waals surface area contributed by atoms with Crippen LogP contribution in [0.3, 0.4) is 0 Å². The molecule has 1 aromatic heterocycles. The van der Waals surface area contributed by atoms with Crippen LogP contribution in [0.1, 0.15) is 62.6 Å². The number of alkyl halides is 2. The molecule has 2 amide bonds. The fraction of sp³-hybridized carbons (Fsp3) is 0.480. The van der Waals surface area contributed by atoms with Crippen LogP contribution in [0.25, 0.3) is 0 Å². The Labute approximate surface area is 198 Å². The van der Waals surface area contributed by atoms with Crippen LogP contribution in [0.4, 0.5) is 19.4 Å². The number of carbonyl (C=O) groups is 2. The molecule has 1 aliphatic rings. The van der Waals surface area contributed by atoms with Crippen LogP contribution < -0.4 is 16.4 Å². The van der Waals surface area contributed by atoms with Gasteiger partial charge in [-0.3, -0.25) is 4.79 Å². The van der Waals surface area contributed by atoms with E-state index in [4.69, 9.17) is 10.5 Å². The van der Waals surface area contributed by atoms with Gasteiger partial charge in [0.15, 0.2) is 0 Å². The molecule has 0 aliphatic heterocycles. The summed E-state index contributed by atoms with van der Waals surface area (Å²) in [6.07, 6.45) is 1.90. The summed E-state index contributed by atoms with van der Waals surface area (Å²) in [5.41, 5.74) is 7.71. The normalized spacial score (nSPS) is 17.4. The summed E-state index contributed by atoms with van der Waals surface area (Å²) >= 11 is 0. The van der Waals surface area contributed by atoms with E-state index in [1.807, 2.05) is 37.3 Å². The second kappa shape index (κ2) is 11.9. The van der Waals surface area contributed by atoms with Crippen molar-refractivity contribution in [2.75, 3.05) is 5.32 Å². The predicted molar refractivity (Wildman–Crippen MR) is 125 cm³/mol. The SMILES string of the molecule is CCC(N)c1ccnc(NC(=O)C(CC2CCC(F)(F)CC2)NC(=O)OCc2ccccc2)c1. The number of carbonyl (C=O) groups excluding carboxylic acids is 2. The minimum absolute atomic E-state index is 0.0508. The first-order valence-electron chi connectivity index (χ1n) is 11.6. The predicted octanol–water partition coefficient (Wildman–Crippen LogP) is 4.94. The van der Waals surface area contributed by atoms with Crippen molar-refractivity contribution in [3.63, 3.8) is 0 Å². The van der Waals surface area contributed by atoms with E-state index in [0.717, 1.165) is 17.5 Å². The van der Waals surface area contributed by atoms with Crippen molar-refractivity contribution in [3.8, 4) is 0 Å². The Morgan fingerprint density at radius 1 is 1.21 bits per heavy atom. The lowest BCUT2D eigenvalue weighted by Gasteiger charge is -2.30. The highest BCUT2D eigenvalue weighted by molar-refractivity contribution is 5.95. The number of nitrogens with zero attached hydrogens (tertiary/aromatic N) is 1. The molecular weight excluding hydrogens is 442 g/mol. The monoisotopic (exact) mass is 474 g/mol. The third-order valence-corrected chi connectivity index (χ3v) is 6.13. The van der Waals surface area contributed by atoms with E-state index in [9.17, 15) is 18.4 Å². The molecule has 0 radical (unpaired) electrons. The third-order valence-electron chi connectivity index (χ3n) is 6.13. The molecule has 1 aliphatic carbocycles. The van der Waals surface area contributed by atoms with Crippen molar-refractivity contribution in [3.05, 3.63) is 59.8 Å². The molecule has 184 valence electrons. The zero-order chi connectivity index (χ0) is 24.6. The number of benzene rings is 1. The summed E-state index contributed by atoms with van der Waals surface area (Å²) in [6.45, 7) is 2.01. The lowest BCUT2D eigenvalue weighted by molar-refractivity contribution is -0.118. The number of alkyl carbamates (subject to hydrolysis) is 1. The lowest BCUT2D eigenvalue weighted by Crippen LogP contribution is -2.45. The number of nitrogens with two attached hydrogens (primary N) is 1. The summed E-state index contributed by atoms with van der Waals surface area (Å²) < 4.78 is 32.4. The van der Waals surface area contributed by atoms with Crippen molar-refractivity contribution in [2.45, 2.75) is 70.1 Å². The summed E-state index contributed by atoms with van der Waals surface area (Å²) in [4.78, 5) is 29.7. The van der Waals surface area contributed by atoms with E-state index in [1.54, 1.807) is 18.3 Å². The van der Waals surface area contributed by atoms with E-state index in [0.29, 0.717) is 5.82 Å². The van der Waals surface area contributed by atoms with Gasteiger partial charge in [-0.15, -0.1) is 0 Å². The fourth-order valence-electron chi connectivity index (χ4n) is 4.00. The molecule has 1 aromatic carbocycles. The van der Waals surface area contributed by atoms with Gasteiger partial charge in [0, 0.05) is 25.1 Å². The number of ether oxygens (including phenoxy) is 1. The van der Waals surface area contributed by atoms with Crippen molar-refractivity contribution < 1.29 is 23.1 Å². The molecule has 0 saturated heterocycles. The second-order valence-corrected chi connectivity index (χ2v) is 8.77. The molecule has 0 spiro atoms. The van der Waals surface area contributed by atoms with Gasteiger partial charge < -0.3 is 21.1 Å². The third kappa shape index (κ3) is 7.76. The van der Waals surface area contributed by atoms with E-state index >= 15 is 0 Å². The van der Waals surface area contributed by atoms with E-state index in [2.05, 4.69) is 15.6 Å². The highest BCUT2D eigenvalue weighted by Gasteiger charge is 2.37. The molecule has 34 heavy (non-hydrogen) atoms. The fourth-order valence-corrected chi connectivity index (χ4v) is 4.00. The van der Waals surface area contributed by atoms with Gasteiger partial charge in [0.1, 0.15) is 18.5 Å². The highest BCUT2D eigenvalue weighted by atomic mass is 19.3. The number of anilines is 1. The van der Waals surface area contributed by atoms with Gasteiger partial charge in [-0.25, -0.2) is 18.6 Å². The van der Waals surface area contributed by atoms with Crippen molar-refractivity contribution in [2.24, 2.45) is 11.7 Å². The quantitative estimate of drug-likeness (QED) is 0.477. The Morgan fingerprint density at radius 2 is 1.91 bits per heavy atom. The number of hydrogen-bond donors (Lipinski definition) is 3. The Balaban J connectivity index is 1.66. The number of nitrogens with one attached hydrogen (secondary N) is 2. The van der Waals surface area contributed by atoms with Crippen molar-refractivity contribution >= 4 is 17.8 Å². The van der Waals surface area contributed by atoms with Gasteiger partial charge in [0.2, 0.25) is 11.8 Å². The van der Waals surface area contributed by atoms with E-state index in [-0.39, 0.29) is 50.7 Å². The number of amides is 2. The maximum Gasteiger partial charge on any atom is 0.408 e. The molecule has 1 saturated carbocycles. The van der Waals surface area contributed by atoms with Gasteiger partial charge in [-0.1, -0.05) is 37.3 Å². The van der Waals surface area contributed by atoms with Crippen LogP contribution in [-0.4, -0.2) is 28.9 Å². The summed E-state index contributed by atoms with van der Waals surface area (Å²) in [7, 11) is 0. The number of hydrogen-bond acceptors (Lipinski definition) is 5. The first-order chi connectivity index (χ1) is 16.3. The van der Waals surface area contributed by atoms with Gasteiger partial charge in [0.05, 0.1) is 0 Å². The molecule has 7 nitrogen and oxygen atoms in total. The standard InChI is InChI=1S/C25H32F2N4O3/c1-2-20(28)19-10-13-29-22(15-19)31-23(32)21(14-17-8-11-25(26,27)12-9-17)30-24(33)34-16-18-6-4-3-5-7-18/h3-7,10,13,15,17,20-21H,2,8-9,11-12,14,16,28H2,1H3,(H,30,33)(H,29,31,32). The van der Waals surface area contributed by atoms with Gasteiger partial charge in [-0.05, 0) is 54.9 Å².